The molecule has 1 unspecified atom stereocenters. The molecular weight excluding hydrogens is 340 g/mol. The summed E-state index contributed by atoms with van der Waals surface area (Å²) in [5.74, 6) is 1.50. The van der Waals surface area contributed by atoms with Crippen LogP contribution in [0.3, 0.4) is 0 Å². The van der Waals surface area contributed by atoms with Crippen molar-refractivity contribution in [3.05, 3.63) is 83.9 Å². The van der Waals surface area contributed by atoms with Gasteiger partial charge in [-0.1, -0.05) is 115 Å². The molecule has 1 heteroatoms. The lowest BCUT2D eigenvalue weighted by molar-refractivity contribution is 0.329. The van der Waals surface area contributed by atoms with Crippen LogP contribution in [-0.2, 0) is 0 Å². The van der Waals surface area contributed by atoms with Gasteiger partial charge < -0.3 is 0 Å². The van der Waals surface area contributed by atoms with Crippen LogP contribution in [0.15, 0.2) is 72.8 Å². The molecule has 2 radical (unpaired) electrons. The second kappa shape index (κ2) is 7.48. The topological polar surface area (TPSA) is 0 Å². The van der Waals surface area contributed by atoms with Crippen LogP contribution in [0.25, 0.3) is 11.1 Å². The van der Waals surface area contributed by atoms with E-state index in [1.807, 2.05) is 0 Å². The molecule has 5 rings (SSSR count). The second-order valence-corrected chi connectivity index (χ2v) is 9.58. The summed E-state index contributed by atoms with van der Waals surface area (Å²) in [7, 11) is 0.744. The molecule has 0 N–H and O–H groups in total. The summed E-state index contributed by atoms with van der Waals surface area (Å²) in [6.07, 6.45) is 8.50. The third-order valence-corrected chi connectivity index (χ3v) is 7.63. The lowest BCUT2D eigenvalue weighted by Crippen LogP contribution is -2.27. The molecule has 0 amide bonds. The molecular formula is C26H26Si. The van der Waals surface area contributed by atoms with Gasteiger partial charge in [-0.15, -0.1) is 0 Å². The van der Waals surface area contributed by atoms with E-state index in [4.69, 9.17) is 0 Å². The molecule has 2 aliphatic carbocycles. The van der Waals surface area contributed by atoms with Gasteiger partial charge in [-0.25, -0.2) is 0 Å². The van der Waals surface area contributed by atoms with Crippen molar-refractivity contribution in [3.63, 3.8) is 0 Å². The van der Waals surface area contributed by atoms with Crippen LogP contribution < -0.4 is 10.4 Å². The van der Waals surface area contributed by atoms with Crippen molar-refractivity contribution in [2.45, 2.75) is 44.4 Å². The van der Waals surface area contributed by atoms with Gasteiger partial charge in [0, 0.05) is 5.92 Å². The van der Waals surface area contributed by atoms with E-state index >= 15 is 0 Å². The van der Waals surface area contributed by atoms with Crippen molar-refractivity contribution < 1.29 is 0 Å². The molecule has 1 atom stereocenters. The van der Waals surface area contributed by atoms with Gasteiger partial charge in [-0.2, -0.15) is 0 Å². The van der Waals surface area contributed by atoms with E-state index < -0.39 is 0 Å². The zero-order chi connectivity index (χ0) is 18.1. The van der Waals surface area contributed by atoms with Crippen molar-refractivity contribution >= 4 is 19.9 Å². The fourth-order valence-corrected chi connectivity index (χ4v) is 6.17. The summed E-state index contributed by atoms with van der Waals surface area (Å²) >= 11 is 0. The Hall–Kier alpha value is -2.12. The molecule has 27 heavy (non-hydrogen) atoms. The van der Waals surface area contributed by atoms with Gasteiger partial charge in [0.2, 0.25) is 0 Å². The molecule has 2 aliphatic rings. The molecule has 0 aliphatic heterocycles. The molecule has 0 heterocycles. The maximum Gasteiger partial charge on any atom is 0.121 e. The van der Waals surface area contributed by atoms with Gasteiger partial charge in [0.15, 0.2) is 0 Å². The maximum atomic E-state index is 2.52. The summed E-state index contributed by atoms with van der Waals surface area (Å²) in [5, 5.41) is 2.90. The van der Waals surface area contributed by atoms with E-state index in [9.17, 15) is 0 Å². The van der Waals surface area contributed by atoms with Crippen LogP contribution in [0.5, 0.6) is 0 Å². The number of rotatable bonds is 4. The Balaban J connectivity index is 1.49. The third-order valence-electron chi connectivity index (χ3n) is 6.41. The van der Waals surface area contributed by atoms with E-state index in [1.54, 1.807) is 11.1 Å². The first-order valence-corrected chi connectivity index (χ1v) is 11.4. The lowest BCUT2D eigenvalue weighted by atomic mass is 9.80. The Labute approximate surface area is 165 Å². The zero-order valence-electron chi connectivity index (χ0n) is 15.8. The number of fused-ring (bicyclic) bond motifs is 3. The second-order valence-electron chi connectivity index (χ2n) is 8.17. The Morgan fingerprint density at radius 2 is 1.41 bits per heavy atom. The molecule has 3 aromatic carbocycles. The molecule has 1 fully saturated rings. The molecule has 0 bridgehead atoms. The van der Waals surface area contributed by atoms with E-state index in [-0.39, 0.29) is 0 Å². The van der Waals surface area contributed by atoms with Gasteiger partial charge >= 0.3 is 0 Å². The summed E-state index contributed by atoms with van der Waals surface area (Å²) < 4.78 is 0. The van der Waals surface area contributed by atoms with E-state index in [1.165, 1.54) is 60.0 Å². The highest BCUT2D eigenvalue weighted by Gasteiger charge is 2.31. The van der Waals surface area contributed by atoms with Crippen molar-refractivity contribution in [2.24, 2.45) is 5.92 Å². The molecule has 3 aromatic rings. The SMILES string of the molecule is c1ccc([Si]c2ccc3c(c2)C(CC2CCCCC2)c2ccccc2-3)cc1. The Kier molecular flexibility index (Phi) is 4.71. The largest absolute Gasteiger partial charge is 0.121 e. The van der Waals surface area contributed by atoms with Gasteiger partial charge in [0.25, 0.3) is 0 Å². The number of hydrogen-bond acceptors (Lipinski definition) is 0. The standard InChI is InChI=1S/C26H26Si/c1-3-9-19(10-4-1)17-25-23-14-8-7-13-22(23)24-16-15-21(18-26(24)25)27-20-11-5-2-6-12-20/h2,5-8,11-16,18-19,25H,1,3-4,9-10,17H2. The van der Waals surface area contributed by atoms with Gasteiger partial charge in [-0.05, 0) is 34.6 Å². The van der Waals surface area contributed by atoms with Crippen molar-refractivity contribution in [1.29, 1.82) is 0 Å². The third kappa shape index (κ3) is 3.41. The minimum absolute atomic E-state index is 0.597. The monoisotopic (exact) mass is 366 g/mol. The first-order valence-electron chi connectivity index (χ1n) is 10.4. The van der Waals surface area contributed by atoms with Crippen LogP contribution in [0.4, 0.5) is 0 Å². The lowest BCUT2D eigenvalue weighted by Gasteiger charge is -2.25. The van der Waals surface area contributed by atoms with Crippen LogP contribution in [0.2, 0.25) is 0 Å². The predicted molar refractivity (Wildman–Crippen MR) is 116 cm³/mol. The summed E-state index contributed by atoms with van der Waals surface area (Å²) in [4.78, 5) is 0. The van der Waals surface area contributed by atoms with Gasteiger partial charge in [0.05, 0.1) is 0 Å². The van der Waals surface area contributed by atoms with E-state index in [0.29, 0.717) is 5.92 Å². The fraction of sp³-hybridized carbons (Fsp3) is 0.308. The summed E-state index contributed by atoms with van der Waals surface area (Å²) in [5.41, 5.74) is 6.11. The van der Waals surface area contributed by atoms with Crippen LogP contribution in [-0.4, -0.2) is 9.52 Å². The molecule has 0 saturated heterocycles. The van der Waals surface area contributed by atoms with Gasteiger partial charge in [-0.3, -0.25) is 0 Å². The molecule has 134 valence electrons. The Morgan fingerprint density at radius 1 is 0.667 bits per heavy atom. The van der Waals surface area contributed by atoms with Crippen LogP contribution in [0, 0.1) is 5.92 Å². The molecule has 0 aromatic heterocycles. The number of hydrogen-bond donors (Lipinski definition) is 0. The smallest absolute Gasteiger partial charge is 0.0631 e. The van der Waals surface area contributed by atoms with Gasteiger partial charge in [0.1, 0.15) is 9.52 Å². The summed E-state index contributed by atoms with van der Waals surface area (Å²) in [6, 6.07) is 27.3. The highest BCUT2D eigenvalue weighted by atomic mass is 28.2. The summed E-state index contributed by atoms with van der Waals surface area (Å²) in [6.45, 7) is 0. The van der Waals surface area contributed by atoms with E-state index in [0.717, 1.165) is 15.4 Å². The van der Waals surface area contributed by atoms with Crippen molar-refractivity contribution in [3.8, 4) is 11.1 Å². The molecule has 0 spiro atoms. The van der Waals surface area contributed by atoms with Crippen LogP contribution >= 0.6 is 0 Å². The molecule has 1 saturated carbocycles. The normalized spacial score (nSPS) is 18.9. The average Bonchev–Trinajstić information content (AvgIpc) is 3.03. The minimum atomic E-state index is 0.597. The average molecular weight is 367 g/mol. The maximum absolute atomic E-state index is 2.52. The first kappa shape index (κ1) is 17.0. The predicted octanol–water partition coefficient (Wildman–Crippen LogP) is 5.42. The van der Waals surface area contributed by atoms with E-state index in [2.05, 4.69) is 72.8 Å². The van der Waals surface area contributed by atoms with Crippen molar-refractivity contribution in [2.75, 3.05) is 0 Å². The zero-order valence-corrected chi connectivity index (χ0v) is 16.8. The number of benzene rings is 3. The first-order chi connectivity index (χ1) is 13.4. The fourth-order valence-electron chi connectivity index (χ4n) is 5.09. The highest BCUT2D eigenvalue weighted by Crippen LogP contribution is 2.48. The van der Waals surface area contributed by atoms with Crippen molar-refractivity contribution in [1.82, 2.24) is 0 Å². The minimum Gasteiger partial charge on any atom is -0.0631 e. The quantitative estimate of drug-likeness (QED) is 0.541. The van der Waals surface area contributed by atoms with Crippen LogP contribution in [0.1, 0.15) is 55.6 Å². The Bertz CT molecular complexity index is 922. The Morgan fingerprint density at radius 3 is 2.26 bits per heavy atom. The highest BCUT2D eigenvalue weighted by molar-refractivity contribution is 6.67. The molecule has 0 nitrogen and oxygen atoms in total.